The lowest BCUT2D eigenvalue weighted by Gasteiger charge is -2.17. The molecule has 0 saturated heterocycles. The van der Waals surface area contributed by atoms with Gasteiger partial charge in [-0.25, -0.2) is 0 Å². The van der Waals surface area contributed by atoms with Gasteiger partial charge in [0.2, 0.25) is 0 Å². The zero-order chi connectivity index (χ0) is 15.2. The van der Waals surface area contributed by atoms with Crippen molar-refractivity contribution in [2.24, 2.45) is 0 Å². The molecular weight excluding hydrogens is 369 g/mol. The Morgan fingerprint density at radius 2 is 1.71 bits per heavy atom. The number of aryl methyl sites for hydroxylation is 1. The van der Waals surface area contributed by atoms with Crippen molar-refractivity contribution >= 4 is 33.5 Å². The highest BCUT2D eigenvalue weighted by molar-refractivity contribution is 14.1. The van der Waals surface area contributed by atoms with Crippen LogP contribution in [-0.4, -0.2) is 4.57 Å². The second-order valence-corrected chi connectivity index (χ2v) is 7.80. The number of hydrogen-bond acceptors (Lipinski definition) is 0. The summed E-state index contributed by atoms with van der Waals surface area (Å²) in [6.07, 6.45) is 2.31. The van der Waals surface area contributed by atoms with E-state index in [1.165, 1.54) is 31.3 Å². The first-order chi connectivity index (χ1) is 9.88. The Labute approximate surface area is 140 Å². The van der Waals surface area contributed by atoms with Gasteiger partial charge in [0.25, 0.3) is 0 Å². The van der Waals surface area contributed by atoms with Crippen molar-refractivity contribution in [2.75, 3.05) is 0 Å². The van der Waals surface area contributed by atoms with Crippen LogP contribution in [0, 0.1) is 10.5 Å². The lowest BCUT2D eigenvalue weighted by Crippen LogP contribution is -2.10. The van der Waals surface area contributed by atoms with Gasteiger partial charge in [-0.15, -0.1) is 0 Å². The van der Waals surface area contributed by atoms with Crippen LogP contribution in [0.15, 0.2) is 48.7 Å². The van der Waals surface area contributed by atoms with Gasteiger partial charge >= 0.3 is 0 Å². The third-order valence-corrected chi connectivity index (χ3v) is 4.79. The molecule has 2 aromatic carbocycles. The second-order valence-electron chi connectivity index (χ2n) is 6.63. The van der Waals surface area contributed by atoms with Crippen LogP contribution < -0.4 is 0 Å². The highest BCUT2D eigenvalue weighted by atomic mass is 127. The summed E-state index contributed by atoms with van der Waals surface area (Å²) in [5, 5.41) is 1.36. The molecule has 0 atom stereocenters. The molecule has 1 heterocycles. The minimum atomic E-state index is 0.136. The fourth-order valence-electron chi connectivity index (χ4n) is 2.79. The van der Waals surface area contributed by atoms with Crippen LogP contribution in [0.3, 0.4) is 0 Å². The van der Waals surface area contributed by atoms with Gasteiger partial charge in [0.1, 0.15) is 0 Å². The number of hydrogen-bond donors (Lipinski definition) is 0. The van der Waals surface area contributed by atoms with E-state index in [1.807, 2.05) is 0 Å². The molecule has 0 aliphatic carbocycles. The Bertz CT molecular complexity index is 806. The first kappa shape index (κ1) is 14.6. The largest absolute Gasteiger partial charge is 0.315 e. The van der Waals surface area contributed by atoms with Crippen molar-refractivity contribution in [3.05, 3.63) is 63.4 Å². The summed E-state index contributed by atoms with van der Waals surface area (Å²) in [6.45, 7) is 9.01. The molecular formula is C19H20IN. The third kappa shape index (κ3) is 2.61. The number of aromatic nitrogens is 1. The summed E-state index contributed by atoms with van der Waals surface area (Å²) in [5.74, 6) is 0. The number of halogens is 1. The fourth-order valence-corrected chi connectivity index (χ4v) is 3.44. The maximum absolute atomic E-state index is 2.41. The zero-order valence-corrected chi connectivity index (χ0v) is 15.1. The zero-order valence-electron chi connectivity index (χ0n) is 12.9. The van der Waals surface area contributed by atoms with Crippen molar-refractivity contribution in [3.63, 3.8) is 0 Å². The predicted octanol–water partition coefficient (Wildman–Crippen LogP) is 5.84. The minimum absolute atomic E-state index is 0.136. The molecule has 0 unspecified atom stereocenters. The van der Waals surface area contributed by atoms with Crippen molar-refractivity contribution in [1.82, 2.24) is 4.57 Å². The van der Waals surface area contributed by atoms with E-state index in [0.717, 1.165) is 0 Å². The van der Waals surface area contributed by atoms with E-state index >= 15 is 0 Å². The third-order valence-electron chi connectivity index (χ3n) is 3.88. The summed E-state index contributed by atoms with van der Waals surface area (Å²) >= 11 is 2.41. The normalized spacial score (nSPS) is 12.0. The van der Waals surface area contributed by atoms with Crippen molar-refractivity contribution in [2.45, 2.75) is 33.1 Å². The van der Waals surface area contributed by atoms with Crippen LogP contribution in [0.25, 0.3) is 16.6 Å². The van der Waals surface area contributed by atoms with Crippen LogP contribution >= 0.6 is 22.6 Å². The monoisotopic (exact) mass is 389 g/mol. The quantitative estimate of drug-likeness (QED) is 0.461. The second kappa shape index (κ2) is 5.16. The van der Waals surface area contributed by atoms with Crippen molar-refractivity contribution in [1.29, 1.82) is 0 Å². The maximum Gasteiger partial charge on any atom is 0.0589 e. The molecule has 21 heavy (non-hydrogen) atoms. The van der Waals surface area contributed by atoms with E-state index in [2.05, 4.69) is 104 Å². The maximum atomic E-state index is 2.41. The Morgan fingerprint density at radius 1 is 1.00 bits per heavy atom. The van der Waals surface area contributed by atoms with Crippen LogP contribution in [0.5, 0.6) is 0 Å². The molecule has 0 aliphatic heterocycles. The van der Waals surface area contributed by atoms with Gasteiger partial charge in [-0.2, -0.15) is 0 Å². The van der Waals surface area contributed by atoms with E-state index in [1.54, 1.807) is 0 Å². The molecule has 0 bridgehead atoms. The summed E-state index contributed by atoms with van der Waals surface area (Å²) < 4.78 is 3.60. The molecule has 1 nitrogen and oxygen atoms in total. The molecule has 0 fully saturated rings. The summed E-state index contributed by atoms with van der Waals surface area (Å²) in [7, 11) is 0. The van der Waals surface area contributed by atoms with Gasteiger partial charge in [-0.3, -0.25) is 0 Å². The summed E-state index contributed by atoms with van der Waals surface area (Å²) in [6, 6.07) is 15.3. The van der Waals surface area contributed by atoms with Crippen LogP contribution in [0.2, 0.25) is 0 Å². The Morgan fingerprint density at radius 3 is 2.38 bits per heavy atom. The molecule has 0 spiro atoms. The molecule has 1 aromatic heterocycles. The van der Waals surface area contributed by atoms with Crippen molar-refractivity contribution in [3.8, 4) is 5.69 Å². The topological polar surface area (TPSA) is 4.93 Å². The standard InChI is InChI=1S/C19H20IN/c1-13-9-10-17-14(11-13)15(19(2,3)4)12-21(17)18-8-6-5-7-16(18)20/h5-12H,1-4H3. The molecule has 2 heteroatoms. The van der Waals surface area contributed by atoms with Gasteiger partial charge in [0.05, 0.1) is 11.2 Å². The summed E-state index contributed by atoms with van der Waals surface area (Å²) in [4.78, 5) is 0. The Hall–Kier alpha value is -1.29. The van der Waals surface area contributed by atoms with Crippen LogP contribution in [0.1, 0.15) is 31.9 Å². The molecule has 0 N–H and O–H groups in total. The molecule has 0 aliphatic rings. The molecule has 0 radical (unpaired) electrons. The Kier molecular flexibility index (Phi) is 3.60. The van der Waals surface area contributed by atoms with E-state index < -0.39 is 0 Å². The SMILES string of the molecule is Cc1ccc2c(c1)c(C(C)(C)C)cn2-c1ccccc1I. The van der Waals surface area contributed by atoms with Crippen LogP contribution in [0.4, 0.5) is 0 Å². The fraction of sp³-hybridized carbons (Fsp3) is 0.263. The number of nitrogens with zero attached hydrogens (tertiary/aromatic N) is 1. The average molecular weight is 389 g/mol. The smallest absolute Gasteiger partial charge is 0.0589 e. The minimum Gasteiger partial charge on any atom is -0.315 e. The van der Waals surface area contributed by atoms with Gasteiger partial charge in [0.15, 0.2) is 0 Å². The predicted molar refractivity (Wildman–Crippen MR) is 99.4 cm³/mol. The Balaban J connectivity index is 2.38. The number of rotatable bonds is 1. The number of para-hydroxylation sites is 1. The highest BCUT2D eigenvalue weighted by Gasteiger charge is 2.21. The lowest BCUT2D eigenvalue weighted by atomic mass is 9.86. The average Bonchev–Trinajstić information content (AvgIpc) is 2.77. The van der Waals surface area contributed by atoms with E-state index in [-0.39, 0.29) is 5.41 Å². The van der Waals surface area contributed by atoms with Crippen LogP contribution in [-0.2, 0) is 5.41 Å². The highest BCUT2D eigenvalue weighted by Crippen LogP contribution is 2.34. The molecule has 0 saturated carbocycles. The van der Waals surface area contributed by atoms with Gasteiger partial charge in [0, 0.05) is 15.2 Å². The first-order valence-corrected chi connectivity index (χ1v) is 8.33. The molecule has 3 aromatic rings. The van der Waals surface area contributed by atoms with E-state index in [0.29, 0.717) is 0 Å². The van der Waals surface area contributed by atoms with Gasteiger partial charge in [-0.1, -0.05) is 44.5 Å². The molecule has 3 rings (SSSR count). The molecule has 0 amide bonds. The summed E-state index contributed by atoms with van der Waals surface area (Å²) in [5.41, 5.74) is 5.39. The van der Waals surface area contributed by atoms with E-state index in [4.69, 9.17) is 0 Å². The van der Waals surface area contributed by atoms with Gasteiger partial charge in [-0.05, 0) is 64.8 Å². The van der Waals surface area contributed by atoms with Gasteiger partial charge < -0.3 is 4.57 Å². The first-order valence-electron chi connectivity index (χ1n) is 7.25. The van der Waals surface area contributed by atoms with Crippen molar-refractivity contribution < 1.29 is 0 Å². The number of fused-ring (bicyclic) bond motifs is 1. The lowest BCUT2D eigenvalue weighted by molar-refractivity contribution is 0.594. The number of benzene rings is 2. The molecule has 108 valence electrons. The van der Waals surface area contributed by atoms with E-state index in [9.17, 15) is 0 Å².